The van der Waals surface area contributed by atoms with E-state index in [4.69, 9.17) is 9.57 Å². The number of hydrogen-bond donors (Lipinski definition) is 0. The second-order valence-corrected chi connectivity index (χ2v) is 7.77. The van der Waals surface area contributed by atoms with Crippen LogP contribution in [0.5, 0.6) is 5.75 Å². The molecule has 0 aliphatic carbocycles. The molecule has 1 aliphatic rings. The van der Waals surface area contributed by atoms with Crippen molar-refractivity contribution in [3.63, 3.8) is 0 Å². The molecule has 3 nitrogen and oxygen atoms in total. The SMILES string of the molecule is COc1ccc(N2OCC(c3ccccc3)C2c2ccc(-c3ccccc3)cc2)cc1. The van der Waals surface area contributed by atoms with Gasteiger partial charge in [-0.25, -0.2) is 5.06 Å². The van der Waals surface area contributed by atoms with Crippen LogP contribution in [0.15, 0.2) is 109 Å². The number of methoxy groups -OCH3 is 1. The largest absolute Gasteiger partial charge is 0.497 e. The molecule has 0 spiro atoms. The van der Waals surface area contributed by atoms with Gasteiger partial charge in [0.05, 0.1) is 25.4 Å². The highest BCUT2D eigenvalue weighted by Crippen LogP contribution is 2.44. The second-order valence-electron chi connectivity index (χ2n) is 7.77. The van der Waals surface area contributed by atoms with Crippen molar-refractivity contribution in [2.45, 2.75) is 12.0 Å². The maximum Gasteiger partial charge on any atom is 0.119 e. The molecule has 2 atom stereocenters. The number of anilines is 1. The van der Waals surface area contributed by atoms with Crippen molar-refractivity contribution in [1.29, 1.82) is 0 Å². The Labute approximate surface area is 183 Å². The van der Waals surface area contributed by atoms with Crippen LogP contribution < -0.4 is 9.80 Å². The zero-order valence-corrected chi connectivity index (χ0v) is 17.5. The molecule has 0 aromatic heterocycles. The first-order valence-electron chi connectivity index (χ1n) is 10.6. The number of hydroxylamine groups is 1. The highest BCUT2D eigenvalue weighted by molar-refractivity contribution is 5.64. The minimum atomic E-state index is 0.0839. The van der Waals surface area contributed by atoms with Gasteiger partial charge >= 0.3 is 0 Å². The summed E-state index contributed by atoms with van der Waals surface area (Å²) in [6.07, 6.45) is 0. The third kappa shape index (κ3) is 3.92. The molecule has 0 radical (unpaired) electrons. The topological polar surface area (TPSA) is 21.7 Å². The zero-order chi connectivity index (χ0) is 21.0. The highest BCUT2D eigenvalue weighted by Gasteiger charge is 2.38. The average molecular weight is 408 g/mol. The summed E-state index contributed by atoms with van der Waals surface area (Å²) in [6, 6.07) is 38.1. The van der Waals surface area contributed by atoms with Crippen LogP contribution in [0.2, 0.25) is 0 Å². The highest BCUT2D eigenvalue weighted by atomic mass is 16.7. The van der Waals surface area contributed by atoms with Crippen LogP contribution in [-0.4, -0.2) is 13.7 Å². The lowest BCUT2D eigenvalue weighted by molar-refractivity contribution is 0.157. The van der Waals surface area contributed by atoms with Gasteiger partial charge in [0.15, 0.2) is 0 Å². The smallest absolute Gasteiger partial charge is 0.119 e. The molecule has 4 aromatic carbocycles. The maximum atomic E-state index is 6.25. The molecule has 1 saturated heterocycles. The summed E-state index contributed by atoms with van der Waals surface area (Å²) in [5.74, 6) is 1.08. The van der Waals surface area contributed by atoms with E-state index in [1.807, 2.05) is 18.2 Å². The van der Waals surface area contributed by atoms with Gasteiger partial charge in [-0.05, 0) is 46.5 Å². The van der Waals surface area contributed by atoms with Crippen molar-refractivity contribution in [2.75, 3.05) is 18.8 Å². The van der Waals surface area contributed by atoms with Gasteiger partial charge in [0.1, 0.15) is 5.75 Å². The number of benzene rings is 4. The molecule has 1 aliphatic heterocycles. The summed E-state index contributed by atoms with van der Waals surface area (Å²) in [7, 11) is 1.68. The van der Waals surface area contributed by atoms with Gasteiger partial charge in [-0.1, -0.05) is 84.9 Å². The van der Waals surface area contributed by atoms with Crippen molar-refractivity contribution in [1.82, 2.24) is 0 Å². The standard InChI is InChI=1S/C28H25NO2/c1-30-26-18-16-25(17-19-26)29-28(27(20-31-29)23-10-6-3-7-11-23)24-14-12-22(13-15-24)21-8-4-2-5-9-21/h2-19,27-28H,20H2,1H3. The van der Waals surface area contributed by atoms with E-state index in [1.54, 1.807) is 7.11 Å². The van der Waals surface area contributed by atoms with Crippen LogP contribution in [0.25, 0.3) is 11.1 Å². The lowest BCUT2D eigenvalue weighted by Gasteiger charge is -2.28. The lowest BCUT2D eigenvalue weighted by atomic mass is 9.87. The molecule has 154 valence electrons. The Morgan fingerprint density at radius 2 is 1.29 bits per heavy atom. The van der Waals surface area contributed by atoms with Crippen molar-refractivity contribution in [3.8, 4) is 16.9 Å². The van der Waals surface area contributed by atoms with Crippen LogP contribution in [0.1, 0.15) is 23.1 Å². The van der Waals surface area contributed by atoms with Crippen LogP contribution in [0, 0.1) is 0 Å². The van der Waals surface area contributed by atoms with E-state index in [1.165, 1.54) is 22.3 Å². The van der Waals surface area contributed by atoms with Crippen molar-refractivity contribution in [2.24, 2.45) is 0 Å². The van der Waals surface area contributed by atoms with E-state index in [0.29, 0.717) is 6.61 Å². The van der Waals surface area contributed by atoms with Gasteiger partial charge in [0.25, 0.3) is 0 Å². The van der Waals surface area contributed by atoms with Crippen LogP contribution in [-0.2, 0) is 4.84 Å². The van der Waals surface area contributed by atoms with Crippen molar-refractivity contribution < 1.29 is 9.57 Å². The predicted molar refractivity (Wildman–Crippen MR) is 125 cm³/mol. The molecule has 0 N–H and O–H groups in total. The fraction of sp³-hybridized carbons (Fsp3) is 0.143. The van der Waals surface area contributed by atoms with E-state index >= 15 is 0 Å². The van der Waals surface area contributed by atoms with Crippen LogP contribution in [0.3, 0.4) is 0 Å². The van der Waals surface area contributed by atoms with E-state index in [0.717, 1.165) is 11.4 Å². The number of rotatable bonds is 5. The molecule has 1 heterocycles. The molecule has 1 fully saturated rings. The average Bonchev–Trinajstić information content (AvgIpc) is 3.30. The Balaban J connectivity index is 1.52. The quantitative estimate of drug-likeness (QED) is 0.370. The van der Waals surface area contributed by atoms with Gasteiger partial charge in [-0.3, -0.25) is 4.84 Å². The Hall–Kier alpha value is -3.56. The first-order valence-corrected chi connectivity index (χ1v) is 10.6. The van der Waals surface area contributed by atoms with E-state index in [9.17, 15) is 0 Å². The van der Waals surface area contributed by atoms with E-state index in [2.05, 4.69) is 96.1 Å². The monoisotopic (exact) mass is 407 g/mol. The van der Waals surface area contributed by atoms with Crippen LogP contribution >= 0.6 is 0 Å². The van der Waals surface area contributed by atoms with Gasteiger partial charge in [0.2, 0.25) is 0 Å². The minimum Gasteiger partial charge on any atom is -0.497 e. The fourth-order valence-corrected chi connectivity index (χ4v) is 4.31. The molecule has 0 bridgehead atoms. The predicted octanol–water partition coefficient (Wildman–Crippen LogP) is 6.64. The second kappa shape index (κ2) is 8.66. The van der Waals surface area contributed by atoms with Gasteiger partial charge in [0, 0.05) is 5.92 Å². The third-order valence-electron chi connectivity index (χ3n) is 5.94. The Morgan fingerprint density at radius 3 is 1.94 bits per heavy atom. The normalized spacial score (nSPS) is 18.2. The summed E-state index contributed by atoms with van der Waals surface area (Å²) < 4.78 is 5.33. The summed E-state index contributed by atoms with van der Waals surface area (Å²) in [5.41, 5.74) is 5.99. The number of ether oxygens (including phenoxy) is 1. The molecule has 31 heavy (non-hydrogen) atoms. The molecule has 0 saturated carbocycles. The first kappa shape index (κ1) is 19.4. The number of nitrogens with zero attached hydrogens (tertiary/aromatic N) is 1. The molecule has 5 rings (SSSR count). The third-order valence-corrected chi connectivity index (χ3v) is 5.94. The summed E-state index contributed by atoms with van der Waals surface area (Å²) in [5, 5.41) is 2.05. The molecular formula is C28H25NO2. The molecule has 2 unspecified atom stereocenters. The van der Waals surface area contributed by atoms with Crippen molar-refractivity contribution in [3.05, 3.63) is 120 Å². The number of hydrogen-bond acceptors (Lipinski definition) is 3. The Kier molecular flexibility index (Phi) is 5.42. The zero-order valence-electron chi connectivity index (χ0n) is 17.5. The van der Waals surface area contributed by atoms with E-state index in [-0.39, 0.29) is 12.0 Å². The summed E-state index contributed by atoms with van der Waals surface area (Å²) >= 11 is 0. The maximum absolute atomic E-state index is 6.25. The van der Waals surface area contributed by atoms with Crippen molar-refractivity contribution >= 4 is 5.69 Å². The van der Waals surface area contributed by atoms with Gasteiger partial charge in [-0.15, -0.1) is 0 Å². The Morgan fingerprint density at radius 1 is 0.677 bits per heavy atom. The van der Waals surface area contributed by atoms with Crippen LogP contribution in [0.4, 0.5) is 5.69 Å². The molecular weight excluding hydrogens is 382 g/mol. The molecule has 4 aromatic rings. The van der Waals surface area contributed by atoms with E-state index < -0.39 is 0 Å². The van der Waals surface area contributed by atoms with Gasteiger partial charge in [-0.2, -0.15) is 0 Å². The Bertz CT molecular complexity index is 1110. The molecule has 3 heteroatoms. The summed E-state index contributed by atoms with van der Waals surface area (Å²) in [4.78, 5) is 6.25. The first-order chi connectivity index (χ1) is 15.3. The molecule has 0 amide bonds. The lowest BCUT2D eigenvalue weighted by Crippen LogP contribution is -2.23. The summed E-state index contributed by atoms with van der Waals surface area (Å²) in [6.45, 7) is 0.640. The fourth-order valence-electron chi connectivity index (χ4n) is 4.31. The minimum absolute atomic E-state index is 0.0839. The van der Waals surface area contributed by atoms with Gasteiger partial charge < -0.3 is 4.74 Å².